The smallest absolute Gasteiger partial charge is 0.255 e. The fourth-order valence-corrected chi connectivity index (χ4v) is 2.97. The standard InChI is InChI=1S/C18H19NO2/c1-12-9-10-17(20)15(11-12)18(21)19-16-8-4-6-13-5-2-3-7-14(13)16/h2-3,5,7,9-11,16,20H,4,6,8H2,1H3,(H,19,21)/t16-/m1/s1. The number of benzene rings is 2. The molecule has 0 heterocycles. The lowest BCUT2D eigenvalue weighted by Gasteiger charge is -2.26. The van der Waals surface area contributed by atoms with Crippen LogP contribution in [0.3, 0.4) is 0 Å². The van der Waals surface area contributed by atoms with E-state index in [0.717, 1.165) is 24.8 Å². The van der Waals surface area contributed by atoms with Gasteiger partial charge in [-0.25, -0.2) is 0 Å². The Bertz CT molecular complexity index is 679. The summed E-state index contributed by atoms with van der Waals surface area (Å²) in [4.78, 5) is 12.4. The predicted molar refractivity (Wildman–Crippen MR) is 82.4 cm³/mol. The third-order valence-electron chi connectivity index (χ3n) is 4.07. The van der Waals surface area contributed by atoms with Gasteiger partial charge in [-0.2, -0.15) is 0 Å². The van der Waals surface area contributed by atoms with E-state index >= 15 is 0 Å². The lowest BCUT2D eigenvalue weighted by atomic mass is 9.87. The van der Waals surface area contributed by atoms with Crippen molar-refractivity contribution in [3.63, 3.8) is 0 Å². The van der Waals surface area contributed by atoms with Gasteiger partial charge in [-0.1, -0.05) is 35.9 Å². The van der Waals surface area contributed by atoms with Gasteiger partial charge < -0.3 is 10.4 Å². The number of hydrogen-bond donors (Lipinski definition) is 2. The molecule has 0 bridgehead atoms. The number of hydrogen-bond acceptors (Lipinski definition) is 2. The average molecular weight is 281 g/mol. The number of aryl methyl sites for hydroxylation is 2. The van der Waals surface area contributed by atoms with Gasteiger partial charge >= 0.3 is 0 Å². The second-order valence-electron chi connectivity index (χ2n) is 5.64. The summed E-state index contributed by atoms with van der Waals surface area (Å²) in [5.74, 6) is -0.180. The number of fused-ring (bicyclic) bond motifs is 1. The number of amides is 1. The highest BCUT2D eigenvalue weighted by atomic mass is 16.3. The second kappa shape index (κ2) is 5.60. The third kappa shape index (κ3) is 2.77. The molecule has 1 amide bonds. The maximum atomic E-state index is 12.4. The van der Waals surface area contributed by atoms with Gasteiger partial charge in [0, 0.05) is 0 Å². The molecule has 1 atom stereocenters. The predicted octanol–water partition coefficient (Wildman–Crippen LogP) is 3.51. The fraction of sp³-hybridized carbons (Fsp3) is 0.278. The molecular weight excluding hydrogens is 262 g/mol. The Kier molecular flexibility index (Phi) is 3.65. The van der Waals surface area contributed by atoms with Crippen LogP contribution in [0.15, 0.2) is 42.5 Å². The highest BCUT2D eigenvalue weighted by molar-refractivity contribution is 5.97. The number of rotatable bonds is 2. The molecule has 0 fully saturated rings. The maximum absolute atomic E-state index is 12.4. The van der Waals surface area contributed by atoms with E-state index in [1.165, 1.54) is 11.1 Å². The molecule has 0 spiro atoms. The molecule has 21 heavy (non-hydrogen) atoms. The SMILES string of the molecule is Cc1ccc(O)c(C(=O)N[C@@H]2CCCc3ccccc32)c1. The highest BCUT2D eigenvalue weighted by Crippen LogP contribution is 2.30. The van der Waals surface area contributed by atoms with Crippen LogP contribution in [0, 0.1) is 6.92 Å². The van der Waals surface area contributed by atoms with Gasteiger partial charge in [0.1, 0.15) is 5.75 Å². The molecule has 2 aromatic rings. The molecule has 3 rings (SSSR count). The van der Waals surface area contributed by atoms with Crippen molar-refractivity contribution >= 4 is 5.91 Å². The third-order valence-corrected chi connectivity index (χ3v) is 4.07. The van der Waals surface area contributed by atoms with E-state index in [2.05, 4.69) is 17.4 Å². The first-order valence-electron chi connectivity index (χ1n) is 7.33. The minimum atomic E-state index is -0.210. The number of nitrogens with one attached hydrogen (secondary N) is 1. The summed E-state index contributed by atoms with van der Waals surface area (Å²) in [7, 11) is 0. The summed E-state index contributed by atoms with van der Waals surface area (Å²) < 4.78 is 0. The summed E-state index contributed by atoms with van der Waals surface area (Å²) in [6.45, 7) is 1.91. The van der Waals surface area contributed by atoms with E-state index in [-0.39, 0.29) is 17.7 Å². The van der Waals surface area contributed by atoms with Crippen molar-refractivity contribution in [1.29, 1.82) is 0 Å². The van der Waals surface area contributed by atoms with Gasteiger partial charge in [-0.05, 0) is 49.4 Å². The largest absolute Gasteiger partial charge is 0.507 e. The van der Waals surface area contributed by atoms with Gasteiger partial charge in [0.05, 0.1) is 11.6 Å². The summed E-state index contributed by atoms with van der Waals surface area (Å²) in [5, 5.41) is 12.9. The van der Waals surface area contributed by atoms with Crippen LogP contribution in [0.25, 0.3) is 0 Å². The van der Waals surface area contributed by atoms with Crippen molar-refractivity contribution in [2.75, 3.05) is 0 Å². The van der Waals surface area contributed by atoms with Gasteiger partial charge in [-0.3, -0.25) is 4.79 Å². The number of carbonyl (C=O) groups excluding carboxylic acids is 1. The Labute approximate surface area is 124 Å². The minimum Gasteiger partial charge on any atom is -0.507 e. The van der Waals surface area contributed by atoms with Crippen LogP contribution in [0.1, 0.15) is 45.9 Å². The molecule has 2 N–H and O–H groups in total. The molecule has 0 saturated heterocycles. The number of carbonyl (C=O) groups is 1. The van der Waals surface area contributed by atoms with E-state index in [0.29, 0.717) is 5.56 Å². The Morgan fingerprint density at radius 2 is 2.05 bits per heavy atom. The maximum Gasteiger partial charge on any atom is 0.255 e. The van der Waals surface area contributed by atoms with Gasteiger partial charge in [0.25, 0.3) is 5.91 Å². The van der Waals surface area contributed by atoms with Gasteiger partial charge in [0.2, 0.25) is 0 Å². The topological polar surface area (TPSA) is 49.3 Å². The molecular formula is C18H19NO2. The van der Waals surface area contributed by atoms with Gasteiger partial charge in [0.15, 0.2) is 0 Å². The van der Waals surface area contributed by atoms with Crippen LogP contribution in [-0.2, 0) is 6.42 Å². The zero-order chi connectivity index (χ0) is 14.8. The molecule has 0 radical (unpaired) electrons. The van der Waals surface area contributed by atoms with Crippen LogP contribution in [0.5, 0.6) is 5.75 Å². The molecule has 0 saturated carbocycles. The van der Waals surface area contributed by atoms with Crippen LogP contribution in [0.4, 0.5) is 0 Å². The molecule has 0 aromatic heterocycles. The summed E-state index contributed by atoms with van der Waals surface area (Å²) in [6, 6.07) is 13.4. The van der Waals surface area contributed by atoms with E-state index in [1.54, 1.807) is 18.2 Å². The molecule has 108 valence electrons. The minimum absolute atomic E-state index is 0.0298. The second-order valence-corrected chi connectivity index (χ2v) is 5.64. The summed E-state index contributed by atoms with van der Waals surface area (Å²) in [5.41, 5.74) is 3.81. The summed E-state index contributed by atoms with van der Waals surface area (Å²) in [6.07, 6.45) is 3.08. The van der Waals surface area contributed by atoms with Crippen LogP contribution >= 0.6 is 0 Å². The summed E-state index contributed by atoms with van der Waals surface area (Å²) >= 11 is 0. The molecule has 2 aromatic carbocycles. The number of aromatic hydroxyl groups is 1. The first-order chi connectivity index (χ1) is 10.1. The van der Waals surface area contributed by atoms with Crippen molar-refractivity contribution in [1.82, 2.24) is 5.32 Å². The van der Waals surface area contributed by atoms with Crippen molar-refractivity contribution in [2.24, 2.45) is 0 Å². The van der Waals surface area contributed by atoms with Crippen LogP contribution in [-0.4, -0.2) is 11.0 Å². The molecule has 3 nitrogen and oxygen atoms in total. The molecule has 0 aliphatic heterocycles. The molecule has 0 unspecified atom stereocenters. The Morgan fingerprint density at radius 3 is 2.90 bits per heavy atom. The zero-order valence-electron chi connectivity index (χ0n) is 12.1. The number of phenols is 1. The molecule has 1 aliphatic carbocycles. The quantitative estimate of drug-likeness (QED) is 0.885. The van der Waals surface area contributed by atoms with Crippen molar-refractivity contribution in [3.8, 4) is 5.75 Å². The Hall–Kier alpha value is -2.29. The van der Waals surface area contributed by atoms with E-state index in [9.17, 15) is 9.90 Å². The first-order valence-corrected chi connectivity index (χ1v) is 7.33. The number of phenolic OH excluding ortho intramolecular Hbond substituents is 1. The average Bonchev–Trinajstić information content (AvgIpc) is 2.50. The normalized spacial score (nSPS) is 17.1. The lowest BCUT2D eigenvalue weighted by molar-refractivity contribution is 0.0930. The van der Waals surface area contributed by atoms with E-state index < -0.39 is 0 Å². The van der Waals surface area contributed by atoms with Gasteiger partial charge in [-0.15, -0.1) is 0 Å². The zero-order valence-corrected chi connectivity index (χ0v) is 12.1. The highest BCUT2D eigenvalue weighted by Gasteiger charge is 2.22. The van der Waals surface area contributed by atoms with E-state index in [4.69, 9.17) is 0 Å². The molecule has 3 heteroatoms. The van der Waals surface area contributed by atoms with E-state index in [1.807, 2.05) is 19.1 Å². The monoisotopic (exact) mass is 281 g/mol. The van der Waals surface area contributed by atoms with Crippen LogP contribution < -0.4 is 5.32 Å². The van der Waals surface area contributed by atoms with Crippen molar-refractivity contribution in [3.05, 3.63) is 64.7 Å². The van der Waals surface area contributed by atoms with Crippen molar-refractivity contribution < 1.29 is 9.90 Å². The van der Waals surface area contributed by atoms with Crippen molar-refractivity contribution in [2.45, 2.75) is 32.2 Å². The Morgan fingerprint density at radius 1 is 1.24 bits per heavy atom. The lowest BCUT2D eigenvalue weighted by Crippen LogP contribution is -2.31. The first kappa shape index (κ1) is 13.7. The van der Waals surface area contributed by atoms with Crippen LogP contribution in [0.2, 0.25) is 0 Å². The molecule has 1 aliphatic rings. The fourth-order valence-electron chi connectivity index (χ4n) is 2.97. The Balaban J connectivity index is 1.84.